The van der Waals surface area contributed by atoms with Crippen molar-refractivity contribution < 1.29 is 14.7 Å². The minimum Gasteiger partial charge on any atom is -0.481 e. The second-order valence-electron chi connectivity index (χ2n) is 5.25. The minimum atomic E-state index is -0.826. The van der Waals surface area contributed by atoms with Crippen LogP contribution < -0.4 is 10.6 Å². The molecule has 1 amide bonds. The van der Waals surface area contributed by atoms with Gasteiger partial charge < -0.3 is 15.7 Å². The fraction of sp³-hybridized carbons (Fsp3) is 0.467. The van der Waals surface area contributed by atoms with E-state index in [-0.39, 0.29) is 5.91 Å². The molecule has 108 valence electrons. The number of carboxylic acid groups (broad SMARTS) is 1. The molecule has 5 heteroatoms. The maximum Gasteiger partial charge on any atom is 0.310 e. The third-order valence-corrected chi connectivity index (χ3v) is 3.41. The highest BCUT2D eigenvalue weighted by atomic mass is 16.4. The molecular weight excluding hydrogens is 256 g/mol. The summed E-state index contributed by atoms with van der Waals surface area (Å²) in [4.78, 5) is 22.3. The smallest absolute Gasteiger partial charge is 0.310 e. The number of nitrogens with one attached hydrogen (secondary N) is 2. The van der Waals surface area contributed by atoms with E-state index in [1.54, 1.807) is 6.92 Å². The van der Waals surface area contributed by atoms with Gasteiger partial charge in [0.15, 0.2) is 0 Å². The van der Waals surface area contributed by atoms with Gasteiger partial charge in [-0.2, -0.15) is 0 Å². The van der Waals surface area contributed by atoms with Crippen molar-refractivity contribution in [2.75, 3.05) is 6.54 Å². The first kappa shape index (κ1) is 14.5. The Morgan fingerprint density at radius 2 is 1.95 bits per heavy atom. The summed E-state index contributed by atoms with van der Waals surface area (Å²) in [7, 11) is 0. The molecule has 5 nitrogen and oxygen atoms in total. The number of carbonyl (C=O) groups is 2. The lowest BCUT2D eigenvalue weighted by atomic mass is 10.0. The number of aliphatic carboxylic acids is 1. The predicted molar refractivity (Wildman–Crippen MR) is 75.4 cm³/mol. The van der Waals surface area contributed by atoms with E-state index in [2.05, 4.69) is 10.6 Å². The van der Waals surface area contributed by atoms with Gasteiger partial charge in [-0.15, -0.1) is 0 Å². The first-order valence-electron chi connectivity index (χ1n) is 6.88. The molecule has 1 saturated carbocycles. The third kappa shape index (κ3) is 4.35. The van der Waals surface area contributed by atoms with Crippen LogP contribution in [0.4, 0.5) is 0 Å². The maximum absolute atomic E-state index is 11.5. The Labute approximate surface area is 118 Å². The molecule has 0 spiro atoms. The molecule has 0 aliphatic heterocycles. The van der Waals surface area contributed by atoms with Crippen LogP contribution in [-0.4, -0.2) is 29.6 Å². The molecule has 0 bridgehead atoms. The number of hydrogen-bond donors (Lipinski definition) is 3. The lowest BCUT2D eigenvalue weighted by molar-refractivity contribution is -0.138. The molecule has 1 unspecified atom stereocenters. The van der Waals surface area contributed by atoms with Gasteiger partial charge in [0.25, 0.3) is 0 Å². The van der Waals surface area contributed by atoms with Gasteiger partial charge in [-0.25, -0.2) is 0 Å². The van der Waals surface area contributed by atoms with Gasteiger partial charge >= 0.3 is 5.97 Å². The zero-order valence-electron chi connectivity index (χ0n) is 11.6. The molecule has 1 aliphatic rings. The maximum atomic E-state index is 11.5. The van der Waals surface area contributed by atoms with E-state index in [1.165, 1.54) is 0 Å². The summed E-state index contributed by atoms with van der Waals surface area (Å²) >= 11 is 0. The molecule has 0 heterocycles. The van der Waals surface area contributed by atoms with E-state index < -0.39 is 11.9 Å². The molecular formula is C15H20N2O3. The fourth-order valence-electron chi connectivity index (χ4n) is 1.89. The lowest BCUT2D eigenvalue weighted by Crippen LogP contribution is -2.34. The van der Waals surface area contributed by atoms with Crippen LogP contribution in [0.5, 0.6) is 0 Å². The Kier molecular flexibility index (Phi) is 4.74. The summed E-state index contributed by atoms with van der Waals surface area (Å²) in [6.07, 6.45) is 2.18. The Balaban J connectivity index is 1.75. The average molecular weight is 276 g/mol. The van der Waals surface area contributed by atoms with Gasteiger partial charge in [0.05, 0.1) is 12.5 Å². The van der Waals surface area contributed by atoms with Crippen molar-refractivity contribution in [3.63, 3.8) is 0 Å². The second-order valence-corrected chi connectivity index (χ2v) is 5.25. The molecule has 1 aromatic carbocycles. The number of carboxylic acids is 1. The van der Waals surface area contributed by atoms with E-state index in [1.807, 2.05) is 24.3 Å². The number of rotatable bonds is 7. The molecule has 1 fully saturated rings. The van der Waals surface area contributed by atoms with Crippen molar-refractivity contribution >= 4 is 11.9 Å². The van der Waals surface area contributed by atoms with Crippen molar-refractivity contribution in [3.05, 3.63) is 35.4 Å². The molecule has 2 rings (SSSR count). The highest BCUT2D eigenvalue weighted by Gasteiger charge is 2.22. The number of benzene rings is 1. The number of hydrogen-bond acceptors (Lipinski definition) is 3. The van der Waals surface area contributed by atoms with E-state index in [0.29, 0.717) is 19.1 Å². The number of carbonyl (C=O) groups excluding carboxylic acids is 1. The van der Waals surface area contributed by atoms with Gasteiger partial charge in [0, 0.05) is 12.6 Å². The van der Waals surface area contributed by atoms with Crippen LogP contribution in [0.3, 0.4) is 0 Å². The predicted octanol–water partition coefficient (Wildman–Crippen LogP) is 1.24. The zero-order valence-corrected chi connectivity index (χ0v) is 11.6. The van der Waals surface area contributed by atoms with Gasteiger partial charge in [0.2, 0.25) is 5.91 Å². The lowest BCUT2D eigenvalue weighted by Gasteiger charge is -2.09. The minimum absolute atomic E-state index is 0.0311. The molecule has 0 aromatic heterocycles. The third-order valence-electron chi connectivity index (χ3n) is 3.41. The Morgan fingerprint density at radius 3 is 2.50 bits per heavy atom. The molecule has 1 aliphatic carbocycles. The van der Waals surface area contributed by atoms with Crippen LogP contribution in [0, 0.1) is 0 Å². The molecule has 1 aromatic rings. The van der Waals surface area contributed by atoms with Crippen LogP contribution in [0.15, 0.2) is 24.3 Å². The number of amides is 1. The van der Waals surface area contributed by atoms with Crippen LogP contribution in [-0.2, 0) is 16.1 Å². The van der Waals surface area contributed by atoms with Crippen LogP contribution in [0.1, 0.15) is 36.8 Å². The van der Waals surface area contributed by atoms with E-state index in [4.69, 9.17) is 5.11 Å². The van der Waals surface area contributed by atoms with Gasteiger partial charge in [0.1, 0.15) is 0 Å². The largest absolute Gasteiger partial charge is 0.481 e. The fourth-order valence-corrected chi connectivity index (χ4v) is 1.89. The van der Waals surface area contributed by atoms with Gasteiger partial charge in [-0.1, -0.05) is 24.3 Å². The molecule has 0 radical (unpaired) electrons. The van der Waals surface area contributed by atoms with Crippen molar-refractivity contribution in [1.82, 2.24) is 10.6 Å². The summed E-state index contributed by atoms with van der Waals surface area (Å²) in [6, 6.07) is 7.81. The monoisotopic (exact) mass is 276 g/mol. The first-order chi connectivity index (χ1) is 9.56. The summed E-state index contributed by atoms with van der Waals surface area (Å²) in [5.41, 5.74) is 1.82. The van der Waals surface area contributed by atoms with Gasteiger partial charge in [-0.3, -0.25) is 9.59 Å². The summed E-state index contributed by atoms with van der Waals surface area (Å²) in [6.45, 7) is 2.57. The molecule has 20 heavy (non-hydrogen) atoms. The summed E-state index contributed by atoms with van der Waals surface area (Å²) < 4.78 is 0. The van der Waals surface area contributed by atoms with E-state index in [9.17, 15) is 9.59 Å². The summed E-state index contributed by atoms with van der Waals surface area (Å²) in [5.74, 6) is -1.29. The zero-order chi connectivity index (χ0) is 14.5. The van der Waals surface area contributed by atoms with E-state index in [0.717, 1.165) is 24.0 Å². The van der Waals surface area contributed by atoms with Crippen molar-refractivity contribution in [2.24, 2.45) is 0 Å². The highest BCUT2D eigenvalue weighted by molar-refractivity contribution is 5.78. The highest BCUT2D eigenvalue weighted by Crippen LogP contribution is 2.18. The van der Waals surface area contributed by atoms with Crippen LogP contribution >= 0.6 is 0 Å². The van der Waals surface area contributed by atoms with Crippen molar-refractivity contribution in [1.29, 1.82) is 0 Å². The Morgan fingerprint density at radius 1 is 1.30 bits per heavy atom. The van der Waals surface area contributed by atoms with E-state index >= 15 is 0 Å². The van der Waals surface area contributed by atoms with Crippen molar-refractivity contribution in [3.8, 4) is 0 Å². The SMILES string of the molecule is CC(C(=O)O)c1ccc(CNCC(=O)NC2CC2)cc1. The molecule has 1 atom stereocenters. The average Bonchev–Trinajstić information content (AvgIpc) is 3.22. The van der Waals surface area contributed by atoms with Crippen LogP contribution in [0.2, 0.25) is 0 Å². The molecule has 3 N–H and O–H groups in total. The Bertz CT molecular complexity index is 480. The van der Waals surface area contributed by atoms with Crippen LogP contribution in [0.25, 0.3) is 0 Å². The first-order valence-corrected chi connectivity index (χ1v) is 6.88. The Hall–Kier alpha value is -1.88. The summed E-state index contributed by atoms with van der Waals surface area (Å²) in [5, 5.41) is 14.9. The second kappa shape index (κ2) is 6.52. The van der Waals surface area contributed by atoms with Gasteiger partial charge in [-0.05, 0) is 30.9 Å². The topological polar surface area (TPSA) is 78.4 Å². The van der Waals surface area contributed by atoms with Crippen molar-refractivity contribution in [2.45, 2.75) is 38.3 Å². The molecule has 0 saturated heterocycles. The quantitative estimate of drug-likeness (QED) is 0.700. The standard InChI is InChI=1S/C15H20N2O3/c1-10(15(19)20)12-4-2-11(3-5-12)8-16-9-14(18)17-13-6-7-13/h2-5,10,13,16H,6-9H2,1H3,(H,17,18)(H,19,20). The normalized spacial score (nSPS) is 15.7.